The predicted octanol–water partition coefficient (Wildman–Crippen LogP) is 2.72. The van der Waals surface area contributed by atoms with Crippen molar-refractivity contribution >= 4 is 20.8 Å². The Morgan fingerprint density at radius 1 is 1.04 bits per heavy atom. The van der Waals surface area contributed by atoms with Gasteiger partial charge in [-0.2, -0.15) is 0 Å². The van der Waals surface area contributed by atoms with Crippen molar-refractivity contribution in [1.29, 1.82) is 0 Å². The number of methoxy groups -OCH3 is 1. The van der Waals surface area contributed by atoms with Gasteiger partial charge in [-0.3, -0.25) is 4.98 Å². The fourth-order valence-electron chi connectivity index (χ4n) is 2.25. The zero-order valence-electron chi connectivity index (χ0n) is 12.6. The van der Waals surface area contributed by atoms with Gasteiger partial charge in [0.15, 0.2) is 0 Å². The smallest absolute Gasteiger partial charge is 0.240 e. The second-order valence-corrected chi connectivity index (χ2v) is 6.79. The first-order chi connectivity index (χ1) is 11.1. The van der Waals surface area contributed by atoms with Gasteiger partial charge in [0.1, 0.15) is 5.75 Å². The summed E-state index contributed by atoms with van der Waals surface area (Å²) in [6, 6.07) is 15.9. The predicted molar refractivity (Wildman–Crippen MR) is 88.8 cm³/mol. The van der Waals surface area contributed by atoms with Crippen LogP contribution in [-0.2, 0) is 16.6 Å². The minimum Gasteiger partial charge on any atom is -0.497 e. The van der Waals surface area contributed by atoms with E-state index >= 15 is 0 Å². The van der Waals surface area contributed by atoms with Crippen LogP contribution < -0.4 is 9.46 Å². The molecule has 0 aliphatic carbocycles. The lowest BCUT2D eigenvalue weighted by Crippen LogP contribution is -2.23. The number of rotatable bonds is 5. The van der Waals surface area contributed by atoms with Crippen molar-refractivity contribution < 1.29 is 13.2 Å². The maximum absolute atomic E-state index is 12.4. The summed E-state index contributed by atoms with van der Waals surface area (Å²) in [6.07, 6.45) is 1.63. The molecule has 1 heterocycles. The molecule has 1 aromatic heterocycles. The summed E-state index contributed by atoms with van der Waals surface area (Å²) in [5, 5.41) is 1.76. The van der Waals surface area contributed by atoms with E-state index < -0.39 is 10.0 Å². The number of fused-ring (bicyclic) bond motifs is 1. The highest BCUT2D eigenvalue weighted by Gasteiger charge is 2.14. The van der Waals surface area contributed by atoms with Gasteiger partial charge in [0.05, 0.1) is 24.2 Å². The molecule has 0 unspecified atom stereocenters. The van der Waals surface area contributed by atoms with E-state index in [4.69, 9.17) is 4.74 Å². The minimum atomic E-state index is -3.59. The van der Waals surface area contributed by atoms with Crippen LogP contribution in [0.4, 0.5) is 0 Å². The summed E-state index contributed by atoms with van der Waals surface area (Å²) in [5.74, 6) is 0.737. The maximum Gasteiger partial charge on any atom is 0.240 e. The van der Waals surface area contributed by atoms with Gasteiger partial charge in [0, 0.05) is 6.20 Å². The third-order valence-electron chi connectivity index (χ3n) is 3.50. The van der Waals surface area contributed by atoms with Crippen LogP contribution >= 0.6 is 0 Å². The molecule has 0 radical (unpaired) electrons. The Bertz CT molecular complexity index is 925. The molecule has 0 saturated heterocycles. The van der Waals surface area contributed by atoms with Gasteiger partial charge in [-0.25, -0.2) is 13.1 Å². The average Bonchev–Trinajstić information content (AvgIpc) is 2.60. The lowest BCUT2D eigenvalue weighted by Gasteiger charge is -2.08. The Hall–Kier alpha value is -2.44. The van der Waals surface area contributed by atoms with Crippen molar-refractivity contribution in [3.8, 4) is 5.75 Å². The second-order valence-electron chi connectivity index (χ2n) is 5.02. The largest absolute Gasteiger partial charge is 0.497 e. The zero-order valence-corrected chi connectivity index (χ0v) is 13.4. The highest BCUT2D eigenvalue weighted by atomic mass is 32.2. The molecule has 0 fully saturated rings. The average molecular weight is 328 g/mol. The van der Waals surface area contributed by atoms with Crippen LogP contribution in [0.2, 0.25) is 0 Å². The Morgan fingerprint density at radius 2 is 1.83 bits per heavy atom. The zero-order chi connectivity index (χ0) is 16.3. The van der Waals surface area contributed by atoms with E-state index in [2.05, 4.69) is 9.71 Å². The molecule has 5 nitrogen and oxygen atoms in total. The molecule has 3 rings (SSSR count). The number of hydrogen-bond donors (Lipinski definition) is 1. The van der Waals surface area contributed by atoms with E-state index in [0.717, 1.165) is 16.5 Å². The van der Waals surface area contributed by atoms with Gasteiger partial charge in [-0.1, -0.05) is 18.2 Å². The Labute approximate surface area is 135 Å². The van der Waals surface area contributed by atoms with Crippen LogP contribution in [-0.4, -0.2) is 20.5 Å². The summed E-state index contributed by atoms with van der Waals surface area (Å²) < 4.78 is 32.6. The quantitative estimate of drug-likeness (QED) is 0.782. The number of nitrogens with one attached hydrogen (secondary N) is 1. The van der Waals surface area contributed by atoms with E-state index in [9.17, 15) is 8.42 Å². The fourth-order valence-corrected chi connectivity index (χ4v) is 3.28. The van der Waals surface area contributed by atoms with Crippen molar-refractivity contribution in [2.45, 2.75) is 11.4 Å². The molecule has 0 aliphatic rings. The van der Waals surface area contributed by atoms with E-state index in [1.807, 2.05) is 18.2 Å². The summed E-state index contributed by atoms with van der Waals surface area (Å²) in [6.45, 7) is 0.157. The van der Waals surface area contributed by atoms with E-state index in [-0.39, 0.29) is 11.4 Å². The number of ether oxygens (including phenoxy) is 1. The number of nitrogens with zero attached hydrogens (tertiary/aromatic N) is 1. The molecular weight excluding hydrogens is 312 g/mol. The Balaban J connectivity index is 1.86. The molecule has 2 aromatic carbocycles. The highest BCUT2D eigenvalue weighted by Crippen LogP contribution is 2.23. The molecular formula is C17H16N2O3S. The van der Waals surface area contributed by atoms with Crippen LogP contribution in [0.25, 0.3) is 10.8 Å². The van der Waals surface area contributed by atoms with Crippen molar-refractivity contribution in [2.75, 3.05) is 7.11 Å². The normalized spacial score (nSPS) is 11.5. The fraction of sp³-hybridized carbons (Fsp3) is 0.118. The van der Waals surface area contributed by atoms with Crippen molar-refractivity contribution in [2.24, 2.45) is 0 Å². The lowest BCUT2D eigenvalue weighted by atomic mass is 10.1. The number of pyridine rings is 1. The Kier molecular flexibility index (Phi) is 4.27. The molecule has 0 saturated carbocycles. The van der Waals surface area contributed by atoms with Gasteiger partial charge >= 0.3 is 0 Å². The molecule has 0 aliphatic heterocycles. The minimum absolute atomic E-state index is 0.157. The molecule has 3 aromatic rings. The first kappa shape index (κ1) is 15.5. The molecule has 0 spiro atoms. The molecule has 0 amide bonds. The van der Waals surface area contributed by atoms with E-state index in [1.54, 1.807) is 49.7 Å². The molecule has 118 valence electrons. The topological polar surface area (TPSA) is 68.3 Å². The van der Waals surface area contributed by atoms with Gasteiger partial charge in [-0.15, -0.1) is 0 Å². The SMILES string of the molecule is COc1ccc2cc(S(=O)(=O)NCc3ccccn3)ccc2c1. The molecule has 0 atom stereocenters. The molecule has 6 heteroatoms. The summed E-state index contributed by atoms with van der Waals surface area (Å²) >= 11 is 0. The van der Waals surface area contributed by atoms with Crippen LogP contribution in [0.1, 0.15) is 5.69 Å². The number of benzene rings is 2. The number of sulfonamides is 1. The number of aromatic nitrogens is 1. The first-order valence-electron chi connectivity index (χ1n) is 7.06. The van der Waals surface area contributed by atoms with Gasteiger partial charge in [-0.05, 0) is 47.2 Å². The van der Waals surface area contributed by atoms with Crippen molar-refractivity contribution in [3.63, 3.8) is 0 Å². The molecule has 23 heavy (non-hydrogen) atoms. The summed E-state index contributed by atoms with van der Waals surface area (Å²) in [5.41, 5.74) is 0.668. The van der Waals surface area contributed by atoms with E-state index in [0.29, 0.717) is 5.69 Å². The standard InChI is InChI=1S/C17H16N2O3S/c1-22-16-7-5-14-11-17(8-6-13(14)10-16)23(20,21)19-12-15-4-2-3-9-18-15/h2-11,19H,12H2,1H3. The second kappa shape index (κ2) is 6.36. The van der Waals surface area contributed by atoms with Gasteiger partial charge in [0.25, 0.3) is 0 Å². The van der Waals surface area contributed by atoms with Crippen LogP contribution in [0.15, 0.2) is 65.7 Å². The Morgan fingerprint density at radius 3 is 2.57 bits per heavy atom. The van der Waals surface area contributed by atoms with Crippen LogP contribution in [0.3, 0.4) is 0 Å². The summed E-state index contributed by atoms with van der Waals surface area (Å²) in [7, 11) is -1.99. The monoisotopic (exact) mass is 328 g/mol. The van der Waals surface area contributed by atoms with Crippen molar-refractivity contribution in [3.05, 3.63) is 66.5 Å². The molecule has 1 N–H and O–H groups in total. The molecule has 0 bridgehead atoms. The number of hydrogen-bond acceptors (Lipinski definition) is 4. The van der Waals surface area contributed by atoms with Crippen molar-refractivity contribution in [1.82, 2.24) is 9.71 Å². The lowest BCUT2D eigenvalue weighted by molar-refractivity contribution is 0.415. The summed E-state index contributed by atoms with van der Waals surface area (Å²) in [4.78, 5) is 4.33. The third kappa shape index (κ3) is 3.49. The van der Waals surface area contributed by atoms with Crippen LogP contribution in [0.5, 0.6) is 5.75 Å². The van der Waals surface area contributed by atoms with Crippen LogP contribution in [0, 0.1) is 0 Å². The maximum atomic E-state index is 12.4. The van der Waals surface area contributed by atoms with Gasteiger partial charge in [0.2, 0.25) is 10.0 Å². The first-order valence-corrected chi connectivity index (χ1v) is 8.54. The third-order valence-corrected chi connectivity index (χ3v) is 4.90. The highest BCUT2D eigenvalue weighted by molar-refractivity contribution is 7.89. The van der Waals surface area contributed by atoms with Gasteiger partial charge < -0.3 is 4.74 Å². The van der Waals surface area contributed by atoms with E-state index in [1.165, 1.54) is 0 Å².